The van der Waals surface area contributed by atoms with Gasteiger partial charge in [-0.1, -0.05) is 12.1 Å². The number of benzene rings is 2. The Balaban J connectivity index is 2.29. The molecule has 5 heteroatoms. The molecule has 0 fully saturated rings. The van der Waals surface area contributed by atoms with Crippen molar-refractivity contribution in [2.45, 2.75) is 6.92 Å². The summed E-state index contributed by atoms with van der Waals surface area (Å²) in [5, 5.41) is 0.345. The molecule has 0 bridgehead atoms. The first-order valence-electron chi connectivity index (χ1n) is 7.53. The zero-order chi connectivity index (χ0) is 17.1. The van der Waals surface area contributed by atoms with Crippen molar-refractivity contribution in [1.29, 1.82) is 0 Å². The Morgan fingerprint density at radius 2 is 1.79 bits per heavy atom. The monoisotopic (exact) mass is 324 g/mol. The second-order valence-corrected chi connectivity index (χ2v) is 5.08. The van der Waals surface area contributed by atoms with Gasteiger partial charge >= 0.3 is 5.97 Å². The Hall–Kier alpha value is -3.08. The first-order valence-corrected chi connectivity index (χ1v) is 7.53. The number of methoxy groups -OCH3 is 1. The number of para-hydroxylation sites is 1. The smallest absolute Gasteiger partial charge is 0.346 e. The summed E-state index contributed by atoms with van der Waals surface area (Å²) in [4.78, 5) is 25.1. The van der Waals surface area contributed by atoms with Crippen molar-refractivity contribution in [2.24, 2.45) is 0 Å². The zero-order valence-corrected chi connectivity index (χ0v) is 13.4. The van der Waals surface area contributed by atoms with Gasteiger partial charge in [0, 0.05) is 5.56 Å². The van der Waals surface area contributed by atoms with E-state index in [9.17, 15) is 9.59 Å². The maximum Gasteiger partial charge on any atom is 0.346 e. The summed E-state index contributed by atoms with van der Waals surface area (Å²) in [5.74, 6) is 0.169. The van der Waals surface area contributed by atoms with E-state index in [4.69, 9.17) is 13.9 Å². The number of fused-ring (bicyclic) bond motifs is 1. The third-order valence-corrected chi connectivity index (χ3v) is 3.63. The van der Waals surface area contributed by atoms with Crippen molar-refractivity contribution in [3.05, 3.63) is 64.3 Å². The molecule has 0 aliphatic carbocycles. The number of carbonyl (C=O) groups excluding carboxylic acids is 1. The fraction of sp³-hybridized carbons (Fsp3) is 0.158. The molecule has 0 radical (unpaired) electrons. The summed E-state index contributed by atoms with van der Waals surface area (Å²) in [7, 11) is 1.56. The summed E-state index contributed by atoms with van der Waals surface area (Å²) in [6.45, 7) is 1.86. The van der Waals surface area contributed by atoms with Gasteiger partial charge in [0.05, 0.1) is 19.1 Å². The van der Waals surface area contributed by atoms with Gasteiger partial charge in [0.25, 0.3) is 0 Å². The average Bonchev–Trinajstić information content (AvgIpc) is 2.62. The van der Waals surface area contributed by atoms with Gasteiger partial charge in [0.15, 0.2) is 11.3 Å². The molecule has 122 valence electrons. The molecule has 0 aliphatic heterocycles. The van der Waals surface area contributed by atoms with Gasteiger partial charge < -0.3 is 13.9 Å². The Morgan fingerprint density at radius 1 is 1.08 bits per heavy atom. The minimum Gasteiger partial charge on any atom is -0.497 e. The molecule has 5 nitrogen and oxygen atoms in total. The minimum atomic E-state index is -0.692. The van der Waals surface area contributed by atoms with Crippen molar-refractivity contribution in [3.8, 4) is 17.1 Å². The van der Waals surface area contributed by atoms with Crippen LogP contribution in [0.5, 0.6) is 5.75 Å². The van der Waals surface area contributed by atoms with Crippen LogP contribution in [0.2, 0.25) is 0 Å². The third-order valence-electron chi connectivity index (χ3n) is 3.63. The number of ether oxygens (including phenoxy) is 2. The highest BCUT2D eigenvalue weighted by Gasteiger charge is 2.23. The number of hydrogen-bond acceptors (Lipinski definition) is 5. The Morgan fingerprint density at radius 3 is 2.46 bits per heavy atom. The second-order valence-electron chi connectivity index (χ2n) is 5.08. The van der Waals surface area contributed by atoms with E-state index < -0.39 is 11.4 Å². The molecule has 2 aromatic carbocycles. The van der Waals surface area contributed by atoms with Gasteiger partial charge in [-0.05, 0) is 43.3 Å². The number of rotatable bonds is 4. The lowest BCUT2D eigenvalue weighted by molar-refractivity contribution is 0.0524. The summed E-state index contributed by atoms with van der Waals surface area (Å²) in [6.07, 6.45) is 0. The standard InChI is InChI=1S/C19H16O5/c1-3-23-19(21)16-17(20)14-6-4-5-7-15(14)24-18(16)12-8-10-13(22-2)11-9-12/h4-11H,3H2,1-2H3. The summed E-state index contributed by atoms with van der Waals surface area (Å²) >= 11 is 0. The molecular weight excluding hydrogens is 308 g/mol. The highest BCUT2D eigenvalue weighted by molar-refractivity contribution is 5.99. The molecule has 0 unspecified atom stereocenters. The molecule has 0 atom stereocenters. The van der Waals surface area contributed by atoms with Gasteiger partial charge in [-0.2, -0.15) is 0 Å². The van der Waals surface area contributed by atoms with E-state index in [0.717, 1.165) is 0 Å². The van der Waals surface area contributed by atoms with E-state index in [1.54, 1.807) is 62.6 Å². The molecular formula is C19H16O5. The van der Waals surface area contributed by atoms with Crippen LogP contribution in [-0.2, 0) is 4.74 Å². The normalized spacial score (nSPS) is 10.6. The van der Waals surface area contributed by atoms with Crippen LogP contribution in [-0.4, -0.2) is 19.7 Å². The quantitative estimate of drug-likeness (QED) is 0.685. The van der Waals surface area contributed by atoms with E-state index in [1.165, 1.54) is 0 Å². The lowest BCUT2D eigenvalue weighted by Crippen LogP contribution is -2.19. The van der Waals surface area contributed by atoms with E-state index in [1.807, 2.05) is 0 Å². The molecule has 0 saturated heterocycles. The van der Waals surface area contributed by atoms with Crippen molar-refractivity contribution in [2.75, 3.05) is 13.7 Å². The molecule has 0 amide bonds. The fourth-order valence-corrected chi connectivity index (χ4v) is 2.48. The Kier molecular flexibility index (Phi) is 4.33. The highest BCUT2D eigenvalue weighted by Crippen LogP contribution is 2.28. The zero-order valence-electron chi connectivity index (χ0n) is 13.4. The molecule has 3 aromatic rings. The average molecular weight is 324 g/mol. The molecule has 0 spiro atoms. The SMILES string of the molecule is CCOC(=O)c1c(-c2ccc(OC)cc2)oc2ccccc2c1=O. The van der Waals surface area contributed by atoms with Crippen LogP contribution in [0.25, 0.3) is 22.3 Å². The van der Waals surface area contributed by atoms with Crippen molar-refractivity contribution < 1.29 is 18.7 Å². The lowest BCUT2D eigenvalue weighted by atomic mass is 10.0. The largest absolute Gasteiger partial charge is 0.497 e. The van der Waals surface area contributed by atoms with Crippen LogP contribution in [0.15, 0.2) is 57.7 Å². The molecule has 24 heavy (non-hydrogen) atoms. The summed E-state index contributed by atoms with van der Waals surface area (Å²) < 4.78 is 16.0. The van der Waals surface area contributed by atoms with E-state index in [-0.39, 0.29) is 17.9 Å². The van der Waals surface area contributed by atoms with Crippen LogP contribution >= 0.6 is 0 Å². The summed E-state index contributed by atoms with van der Waals surface area (Å²) in [6, 6.07) is 13.7. The molecule has 3 rings (SSSR count). The Labute approximate surface area is 138 Å². The van der Waals surface area contributed by atoms with Crippen molar-refractivity contribution in [3.63, 3.8) is 0 Å². The first-order chi connectivity index (χ1) is 11.7. The van der Waals surface area contributed by atoms with Gasteiger partial charge in [0.1, 0.15) is 11.3 Å². The predicted molar refractivity (Wildman–Crippen MR) is 90.4 cm³/mol. The first kappa shape index (κ1) is 15.8. The highest BCUT2D eigenvalue weighted by atomic mass is 16.5. The molecule has 0 aliphatic rings. The lowest BCUT2D eigenvalue weighted by Gasteiger charge is -2.10. The van der Waals surface area contributed by atoms with E-state index >= 15 is 0 Å². The molecule has 1 aromatic heterocycles. The fourth-order valence-electron chi connectivity index (χ4n) is 2.48. The minimum absolute atomic E-state index is 0.0966. The van der Waals surface area contributed by atoms with Crippen LogP contribution in [0.3, 0.4) is 0 Å². The molecule has 1 heterocycles. The Bertz CT molecular complexity index is 938. The molecule has 0 N–H and O–H groups in total. The molecule has 0 saturated carbocycles. The van der Waals surface area contributed by atoms with Crippen LogP contribution in [0.1, 0.15) is 17.3 Å². The maximum absolute atomic E-state index is 12.8. The second kappa shape index (κ2) is 6.58. The van der Waals surface area contributed by atoms with E-state index in [2.05, 4.69) is 0 Å². The van der Waals surface area contributed by atoms with Gasteiger partial charge in [-0.3, -0.25) is 4.79 Å². The van der Waals surface area contributed by atoms with Crippen LogP contribution < -0.4 is 10.2 Å². The van der Waals surface area contributed by atoms with Gasteiger partial charge in [-0.15, -0.1) is 0 Å². The number of esters is 1. The number of hydrogen-bond donors (Lipinski definition) is 0. The van der Waals surface area contributed by atoms with Crippen molar-refractivity contribution >= 4 is 16.9 Å². The van der Waals surface area contributed by atoms with Gasteiger partial charge in [0.2, 0.25) is 5.43 Å². The number of carbonyl (C=O) groups is 1. The van der Waals surface area contributed by atoms with Gasteiger partial charge in [-0.25, -0.2) is 4.79 Å². The topological polar surface area (TPSA) is 65.7 Å². The van der Waals surface area contributed by atoms with Crippen LogP contribution in [0.4, 0.5) is 0 Å². The summed E-state index contributed by atoms with van der Waals surface area (Å²) in [5.41, 5.74) is 0.518. The predicted octanol–water partition coefficient (Wildman–Crippen LogP) is 3.65. The van der Waals surface area contributed by atoms with Crippen molar-refractivity contribution in [1.82, 2.24) is 0 Å². The maximum atomic E-state index is 12.8. The van der Waals surface area contributed by atoms with E-state index in [0.29, 0.717) is 22.3 Å². The third kappa shape index (κ3) is 2.76. The van der Waals surface area contributed by atoms with Crippen LogP contribution in [0, 0.1) is 0 Å².